The highest BCUT2D eigenvalue weighted by molar-refractivity contribution is 6.10. The number of hydrogen-bond donors (Lipinski definition) is 0. The number of ketones is 2. The molecule has 4 atom stereocenters. The fourth-order valence-corrected chi connectivity index (χ4v) is 6.71. The smallest absolute Gasteiger partial charge is 0.156 e. The molecular weight excluding hydrogens is 368 g/mol. The Kier molecular flexibility index (Phi) is 2.45. The van der Waals surface area contributed by atoms with E-state index in [1.807, 2.05) is 24.3 Å². The van der Waals surface area contributed by atoms with Gasteiger partial charge in [-0.05, 0) is 67.4 Å². The molecule has 4 bridgehead atoms. The van der Waals surface area contributed by atoms with E-state index >= 15 is 0 Å². The zero-order chi connectivity index (χ0) is 19.7. The fourth-order valence-electron chi connectivity index (χ4n) is 6.71. The van der Waals surface area contributed by atoms with Crippen LogP contribution in [0.1, 0.15) is 68.2 Å². The normalized spacial score (nSPS) is 26.1. The molecule has 0 aromatic heterocycles. The van der Waals surface area contributed by atoms with E-state index in [0.29, 0.717) is 11.6 Å². The van der Waals surface area contributed by atoms with Crippen LogP contribution in [0.3, 0.4) is 0 Å². The highest BCUT2D eigenvalue weighted by atomic mass is 16.1. The summed E-state index contributed by atoms with van der Waals surface area (Å²) in [5, 5.41) is 2.37. The second kappa shape index (κ2) is 4.79. The van der Waals surface area contributed by atoms with E-state index in [9.17, 15) is 9.59 Å². The van der Waals surface area contributed by atoms with Gasteiger partial charge in [0, 0.05) is 0 Å². The van der Waals surface area contributed by atoms with Gasteiger partial charge in [-0.25, -0.2) is 0 Å². The fraction of sp³-hybridized carbons (Fsp3) is 0.143. The summed E-state index contributed by atoms with van der Waals surface area (Å²) in [5.74, 6) is -0.0701. The first-order valence-corrected chi connectivity index (χ1v) is 10.6. The average Bonchev–Trinajstić information content (AvgIpc) is 3.41. The van der Waals surface area contributed by atoms with Gasteiger partial charge in [0.15, 0.2) is 11.6 Å². The van der Waals surface area contributed by atoms with Crippen molar-refractivity contribution in [3.8, 4) is 0 Å². The molecule has 4 aromatic rings. The van der Waals surface area contributed by atoms with Crippen LogP contribution in [0.5, 0.6) is 0 Å². The molecule has 0 heterocycles. The monoisotopic (exact) mass is 384 g/mol. The molecule has 0 N–H and O–H groups in total. The average molecular weight is 384 g/mol. The summed E-state index contributed by atoms with van der Waals surface area (Å²) >= 11 is 0. The van der Waals surface area contributed by atoms with Gasteiger partial charge in [-0.2, -0.15) is 0 Å². The van der Waals surface area contributed by atoms with E-state index in [4.69, 9.17) is 0 Å². The summed E-state index contributed by atoms with van der Waals surface area (Å²) in [6, 6.07) is 25.3. The van der Waals surface area contributed by atoms with Crippen molar-refractivity contribution in [3.63, 3.8) is 0 Å². The maximum atomic E-state index is 13.4. The number of carbonyl (C=O) groups excluding carboxylic acids is 2. The van der Waals surface area contributed by atoms with Gasteiger partial charge in [0.1, 0.15) is 0 Å². The third kappa shape index (κ3) is 1.51. The molecule has 0 saturated carbocycles. The van der Waals surface area contributed by atoms with Gasteiger partial charge in [-0.3, -0.25) is 9.59 Å². The molecule has 0 fully saturated rings. The summed E-state index contributed by atoms with van der Waals surface area (Å²) in [6.07, 6.45) is 0. The summed E-state index contributed by atoms with van der Waals surface area (Å²) in [5.41, 5.74) is 9.14. The van der Waals surface area contributed by atoms with Gasteiger partial charge >= 0.3 is 0 Å². The Morgan fingerprint density at radius 3 is 1.17 bits per heavy atom. The summed E-state index contributed by atoms with van der Waals surface area (Å²) in [6.45, 7) is 0. The Labute approximate surface area is 173 Å². The van der Waals surface area contributed by atoms with Crippen molar-refractivity contribution < 1.29 is 9.59 Å². The van der Waals surface area contributed by atoms with Crippen LogP contribution in [0.15, 0.2) is 72.8 Å². The lowest BCUT2D eigenvalue weighted by atomic mass is 9.79. The van der Waals surface area contributed by atoms with E-state index in [-0.39, 0.29) is 23.7 Å². The van der Waals surface area contributed by atoms with Crippen molar-refractivity contribution in [2.75, 3.05) is 0 Å². The SMILES string of the molecule is O=C1C2c3ccccc3C1c1cc3c(cc12)C1C(=O)C3c2cc3ccccc3cc21. The lowest BCUT2D eigenvalue weighted by Crippen LogP contribution is -2.09. The third-order valence-corrected chi connectivity index (χ3v) is 7.86. The minimum Gasteiger partial charge on any atom is -0.298 e. The Hall–Kier alpha value is -3.52. The molecule has 4 aliphatic rings. The van der Waals surface area contributed by atoms with Gasteiger partial charge < -0.3 is 0 Å². The van der Waals surface area contributed by atoms with Gasteiger partial charge in [0.25, 0.3) is 0 Å². The summed E-state index contributed by atoms with van der Waals surface area (Å²) in [4.78, 5) is 26.5. The molecule has 4 aliphatic carbocycles. The van der Waals surface area contributed by atoms with Gasteiger partial charge in [0.05, 0.1) is 23.7 Å². The molecule has 8 rings (SSSR count). The summed E-state index contributed by atoms with van der Waals surface area (Å²) in [7, 11) is 0. The number of hydrogen-bond acceptors (Lipinski definition) is 2. The van der Waals surface area contributed by atoms with Crippen molar-refractivity contribution in [1.29, 1.82) is 0 Å². The van der Waals surface area contributed by atoms with Crippen molar-refractivity contribution in [3.05, 3.63) is 117 Å². The van der Waals surface area contributed by atoms with Crippen LogP contribution in [-0.2, 0) is 9.59 Å². The predicted octanol–water partition coefficient (Wildman–Crippen LogP) is 5.16. The van der Waals surface area contributed by atoms with Crippen LogP contribution in [0.25, 0.3) is 10.8 Å². The Balaban J connectivity index is 1.38. The van der Waals surface area contributed by atoms with Crippen LogP contribution < -0.4 is 0 Å². The Morgan fingerprint density at radius 2 is 0.733 bits per heavy atom. The molecule has 140 valence electrons. The van der Waals surface area contributed by atoms with Crippen molar-refractivity contribution in [1.82, 2.24) is 0 Å². The molecule has 0 spiro atoms. The first-order valence-electron chi connectivity index (χ1n) is 10.6. The zero-order valence-corrected chi connectivity index (χ0v) is 16.1. The van der Waals surface area contributed by atoms with E-state index in [2.05, 4.69) is 48.5 Å². The molecule has 2 nitrogen and oxygen atoms in total. The van der Waals surface area contributed by atoms with Crippen LogP contribution in [-0.4, -0.2) is 11.6 Å². The van der Waals surface area contributed by atoms with E-state index in [1.54, 1.807) is 0 Å². The van der Waals surface area contributed by atoms with Crippen molar-refractivity contribution in [2.45, 2.75) is 23.7 Å². The van der Waals surface area contributed by atoms with E-state index in [1.165, 1.54) is 10.8 Å². The van der Waals surface area contributed by atoms with Crippen molar-refractivity contribution >= 4 is 22.3 Å². The Bertz CT molecular complexity index is 1400. The molecule has 0 radical (unpaired) electrons. The molecule has 0 amide bonds. The maximum absolute atomic E-state index is 13.4. The van der Waals surface area contributed by atoms with E-state index < -0.39 is 0 Å². The number of carbonyl (C=O) groups is 2. The van der Waals surface area contributed by atoms with Crippen LogP contribution in [0, 0.1) is 0 Å². The molecule has 30 heavy (non-hydrogen) atoms. The topological polar surface area (TPSA) is 34.1 Å². The number of benzene rings is 4. The van der Waals surface area contributed by atoms with Crippen LogP contribution in [0.4, 0.5) is 0 Å². The highest BCUT2D eigenvalue weighted by Gasteiger charge is 2.53. The second-order valence-corrected chi connectivity index (χ2v) is 9.10. The maximum Gasteiger partial charge on any atom is 0.156 e. The lowest BCUT2D eigenvalue weighted by Gasteiger charge is -2.24. The third-order valence-electron chi connectivity index (χ3n) is 7.86. The van der Waals surface area contributed by atoms with Crippen LogP contribution in [0.2, 0.25) is 0 Å². The summed E-state index contributed by atoms with van der Waals surface area (Å²) < 4.78 is 0. The highest BCUT2D eigenvalue weighted by Crippen LogP contribution is 2.60. The Morgan fingerprint density at radius 1 is 0.400 bits per heavy atom. The number of rotatable bonds is 0. The van der Waals surface area contributed by atoms with Crippen molar-refractivity contribution in [2.24, 2.45) is 0 Å². The number of Topliss-reactive ketones (excluding diaryl/α,β-unsaturated/α-hetero) is 2. The molecular formula is C28H16O2. The minimum absolute atomic E-state index is 0.156. The molecule has 0 saturated heterocycles. The molecule has 4 aromatic carbocycles. The molecule has 4 unspecified atom stereocenters. The quantitative estimate of drug-likeness (QED) is 0.420. The van der Waals surface area contributed by atoms with Gasteiger partial charge in [-0.15, -0.1) is 0 Å². The molecule has 0 aliphatic heterocycles. The van der Waals surface area contributed by atoms with E-state index in [0.717, 1.165) is 44.5 Å². The number of fused-ring (bicyclic) bond motifs is 17. The molecule has 2 heteroatoms. The van der Waals surface area contributed by atoms with Gasteiger partial charge in [0.2, 0.25) is 0 Å². The second-order valence-electron chi connectivity index (χ2n) is 9.10. The minimum atomic E-state index is -0.181. The zero-order valence-electron chi connectivity index (χ0n) is 16.1. The lowest BCUT2D eigenvalue weighted by molar-refractivity contribution is -0.119. The standard InChI is InChI=1S/C28H16O2/c29-27-23-15-7-3-4-8-16(15)24(27)20-12-22-21(11-19(20)23)25-17-9-13-5-1-2-6-14(13)10-18(17)26(22)28(25)30/h1-12,23-26H. The van der Waals surface area contributed by atoms with Gasteiger partial charge in [-0.1, -0.05) is 60.7 Å². The first-order chi connectivity index (χ1) is 14.7. The predicted molar refractivity (Wildman–Crippen MR) is 114 cm³/mol. The van der Waals surface area contributed by atoms with Crippen LogP contribution >= 0.6 is 0 Å². The largest absolute Gasteiger partial charge is 0.298 e. The first kappa shape index (κ1) is 15.3.